The van der Waals surface area contributed by atoms with Crippen LogP contribution in [0.4, 0.5) is 4.79 Å². The van der Waals surface area contributed by atoms with Gasteiger partial charge in [-0.15, -0.1) is 0 Å². The lowest BCUT2D eigenvalue weighted by Crippen LogP contribution is -2.47. The van der Waals surface area contributed by atoms with Gasteiger partial charge in [-0.25, -0.2) is 4.79 Å². The number of carbonyl (C=O) groups excluding carboxylic acids is 2. The molecule has 0 bridgehead atoms. The van der Waals surface area contributed by atoms with Gasteiger partial charge in [-0.2, -0.15) is 0 Å². The summed E-state index contributed by atoms with van der Waals surface area (Å²) in [4.78, 5) is 26.9. The van der Waals surface area contributed by atoms with E-state index in [0.29, 0.717) is 11.3 Å². The van der Waals surface area contributed by atoms with Gasteiger partial charge in [0.25, 0.3) is 0 Å². The fourth-order valence-corrected chi connectivity index (χ4v) is 2.40. The molecule has 0 saturated carbocycles. The standard InChI is InChI=1S/C14H17N3O2/c1-9-11(13(15)18)12(10-7-5-4-6-8-10)17(3)14(19)16(9)2/h4-8,12H,1-3H3,(H2,15,18). The number of carbonyl (C=O) groups is 2. The van der Waals surface area contributed by atoms with Crippen molar-refractivity contribution in [2.24, 2.45) is 5.73 Å². The zero-order chi connectivity index (χ0) is 14.2. The van der Waals surface area contributed by atoms with Crippen molar-refractivity contribution in [3.63, 3.8) is 0 Å². The summed E-state index contributed by atoms with van der Waals surface area (Å²) in [5.74, 6) is -0.502. The van der Waals surface area contributed by atoms with E-state index in [9.17, 15) is 9.59 Å². The number of allylic oxidation sites excluding steroid dienone is 1. The van der Waals surface area contributed by atoms with Gasteiger partial charge >= 0.3 is 6.03 Å². The molecule has 100 valence electrons. The lowest BCUT2D eigenvalue weighted by molar-refractivity contribution is -0.115. The second-order valence-electron chi connectivity index (χ2n) is 4.63. The van der Waals surface area contributed by atoms with Crippen molar-refractivity contribution in [3.8, 4) is 0 Å². The highest BCUT2D eigenvalue weighted by atomic mass is 16.2. The third-order valence-corrected chi connectivity index (χ3v) is 3.52. The summed E-state index contributed by atoms with van der Waals surface area (Å²) in [6.45, 7) is 1.74. The maximum Gasteiger partial charge on any atom is 0.324 e. The first-order valence-corrected chi connectivity index (χ1v) is 6.01. The van der Waals surface area contributed by atoms with Gasteiger partial charge in [0.05, 0.1) is 11.6 Å². The van der Waals surface area contributed by atoms with E-state index in [2.05, 4.69) is 0 Å². The normalized spacial score (nSPS) is 19.9. The summed E-state index contributed by atoms with van der Waals surface area (Å²) in [6, 6.07) is 8.82. The number of amides is 3. The number of rotatable bonds is 2. The van der Waals surface area contributed by atoms with Crippen molar-refractivity contribution < 1.29 is 9.59 Å². The molecule has 0 radical (unpaired) electrons. The van der Waals surface area contributed by atoms with Gasteiger partial charge in [-0.3, -0.25) is 4.79 Å². The van der Waals surface area contributed by atoms with E-state index in [1.807, 2.05) is 30.3 Å². The van der Waals surface area contributed by atoms with E-state index in [1.54, 1.807) is 21.0 Å². The van der Waals surface area contributed by atoms with Gasteiger partial charge in [0.15, 0.2) is 0 Å². The number of benzene rings is 1. The Morgan fingerprint density at radius 2 is 1.79 bits per heavy atom. The van der Waals surface area contributed by atoms with E-state index in [4.69, 9.17) is 5.73 Å². The quantitative estimate of drug-likeness (QED) is 0.874. The molecule has 3 amide bonds. The van der Waals surface area contributed by atoms with Crippen LogP contribution in [0.25, 0.3) is 0 Å². The second-order valence-corrected chi connectivity index (χ2v) is 4.63. The summed E-state index contributed by atoms with van der Waals surface area (Å²) in [5.41, 5.74) is 7.42. The van der Waals surface area contributed by atoms with Crippen LogP contribution in [0.15, 0.2) is 41.6 Å². The van der Waals surface area contributed by atoms with Crippen LogP contribution >= 0.6 is 0 Å². The maximum atomic E-state index is 12.2. The Morgan fingerprint density at radius 1 is 1.21 bits per heavy atom. The van der Waals surface area contributed by atoms with Crippen LogP contribution in [0, 0.1) is 0 Å². The number of nitrogens with two attached hydrogens (primary N) is 1. The third-order valence-electron chi connectivity index (χ3n) is 3.52. The molecule has 19 heavy (non-hydrogen) atoms. The fraction of sp³-hybridized carbons (Fsp3) is 0.286. The molecule has 0 aromatic heterocycles. The maximum absolute atomic E-state index is 12.2. The summed E-state index contributed by atoms with van der Waals surface area (Å²) in [7, 11) is 3.31. The van der Waals surface area contributed by atoms with Gasteiger partial charge in [0, 0.05) is 19.8 Å². The minimum Gasteiger partial charge on any atom is -0.366 e. The molecule has 2 N–H and O–H groups in total. The van der Waals surface area contributed by atoms with Crippen LogP contribution in [0.2, 0.25) is 0 Å². The van der Waals surface area contributed by atoms with Crippen LogP contribution < -0.4 is 5.73 Å². The highest BCUT2D eigenvalue weighted by Crippen LogP contribution is 2.34. The first kappa shape index (κ1) is 13.1. The van der Waals surface area contributed by atoms with Crippen LogP contribution in [0.1, 0.15) is 18.5 Å². The lowest BCUT2D eigenvalue weighted by Gasteiger charge is -2.39. The Bertz CT molecular complexity index is 551. The highest BCUT2D eigenvalue weighted by molar-refractivity contribution is 5.97. The molecule has 5 nitrogen and oxygen atoms in total. The van der Waals surface area contributed by atoms with Crippen LogP contribution in [-0.4, -0.2) is 35.8 Å². The Hall–Kier alpha value is -2.30. The Labute approximate surface area is 112 Å². The molecule has 0 fully saturated rings. The molecule has 2 rings (SSSR count). The van der Waals surface area contributed by atoms with Crippen LogP contribution in [-0.2, 0) is 4.79 Å². The predicted octanol–water partition coefficient (Wildman–Crippen LogP) is 1.48. The van der Waals surface area contributed by atoms with Gasteiger partial charge in [-0.05, 0) is 12.5 Å². The minimum atomic E-state index is -0.502. The summed E-state index contributed by atoms with van der Waals surface area (Å²) in [5, 5.41) is 0. The Morgan fingerprint density at radius 3 is 2.32 bits per heavy atom. The average Bonchev–Trinajstić information content (AvgIpc) is 2.40. The van der Waals surface area contributed by atoms with Gasteiger partial charge in [0.1, 0.15) is 0 Å². The second kappa shape index (κ2) is 4.76. The number of primary amides is 1. The molecule has 1 aliphatic heterocycles. The van der Waals surface area contributed by atoms with Gasteiger partial charge < -0.3 is 15.5 Å². The number of urea groups is 1. The van der Waals surface area contributed by atoms with Crippen molar-refractivity contribution >= 4 is 11.9 Å². The molecule has 0 spiro atoms. The molecule has 0 aliphatic carbocycles. The number of hydrogen-bond acceptors (Lipinski definition) is 2. The van der Waals surface area contributed by atoms with Crippen LogP contribution in [0.5, 0.6) is 0 Å². The number of hydrogen-bond donors (Lipinski definition) is 1. The number of nitrogens with zero attached hydrogens (tertiary/aromatic N) is 2. The largest absolute Gasteiger partial charge is 0.366 e. The van der Waals surface area contributed by atoms with Gasteiger partial charge in [-0.1, -0.05) is 30.3 Å². The van der Waals surface area contributed by atoms with Crippen molar-refractivity contribution in [2.45, 2.75) is 13.0 Å². The van der Waals surface area contributed by atoms with Crippen molar-refractivity contribution in [1.82, 2.24) is 9.80 Å². The van der Waals surface area contributed by atoms with E-state index in [0.717, 1.165) is 5.56 Å². The first-order chi connectivity index (χ1) is 8.95. The SMILES string of the molecule is CC1=C(C(N)=O)C(c2ccccc2)N(C)C(=O)N1C. The molecule has 1 heterocycles. The van der Waals surface area contributed by atoms with E-state index >= 15 is 0 Å². The fourth-order valence-electron chi connectivity index (χ4n) is 2.40. The molecule has 0 saturated heterocycles. The lowest BCUT2D eigenvalue weighted by atomic mass is 9.93. The molecule has 5 heteroatoms. The zero-order valence-corrected chi connectivity index (χ0v) is 11.3. The number of likely N-dealkylation sites (N-methyl/N-ethyl adjacent to an activating group) is 1. The van der Waals surface area contributed by atoms with E-state index in [-0.39, 0.29) is 6.03 Å². The predicted molar refractivity (Wildman–Crippen MR) is 72.0 cm³/mol. The molecule has 1 aromatic rings. The van der Waals surface area contributed by atoms with E-state index < -0.39 is 11.9 Å². The molecule has 1 aliphatic rings. The highest BCUT2D eigenvalue weighted by Gasteiger charge is 2.37. The average molecular weight is 259 g/mol. The van der Waals surface area contributed by atoms with Crippen molar-refractivity contribution in [3.05, 3.63) is 47.2 Å². The topological polar surface area (TPSA) is 66.6 Å². The first-order valence-electron chi connectivity index (χ1n) is 6.01. The minimum absolute atomic E-state index is 0.156. The van der Waals surface area contributed by atoms with Crippen LogP contribution in [0.3, 0.4) is 0 Å². The molecule has 1 aromatic carbocycles. The molecular weight excluding hydrogens is 242 g/mol. The van der Waals surface area contributed by atoms with Crippen molar-refractivity contribution in [2.75, 3.05) is 14.1 Å². The van der Waals surface area contributed by atoms with Gasteiger partial charge in [0.2, 0.25) is 5.91 Å². The smallest absolute Gasteiger partial charge is 0.324 e. The van der Waals surface area contributed by atoms with Crippen molar-refractivity contribution in [1.29, 1.82) is 0 Å². The molecular formula is C14H17N3O2. The summed E-state index contributed by atoms with van der Waals surface area (Å²) in [6.07, 6.45) is 0. The summed E-state index contributed by atoms with van der Waals surface area (Å²) < 4.78 is 0. The molecule has 1 atom stereocenters. The third kappa shape index (κ3) is 2.07. The summed E-state index contributed by atoms with van der Waals surface area (Å²) >= 11 is 0. The Kier molecular flexibility index (Phi) is 3.29. The monoisotopic (exact) mass is 259 g/mol. The zero-order valence-electron chi connectivity index (χ0n) is 11.3. The van der Waals surface area contributed by atoms with E-state index in [1.165, 1.54) is 9.80 Å². The molecule has 1 unspecified atom stereocenters. The Balaban J connectivity index is 2.62.